The van der Waals surface area contributed by atoms with Crippen LogP contribution in [0, 0.1) is 0 Å². The van der Waals surface area contributed by atoms with Crippen LogP contribution in [0.15, 0.2) is 47.4 Å². The first-order valence-electron chi connectivity index (χ1n) is 11.4. The molecular weight excluding hydrogens is 442 g/mol. The van der Waals surface area contributed by atoms with E-state index in [0.717, 1.165) is 58.5 Å². The lowest BCUT2D eigenvalue weighted by atomic mass is 10.1. The van der Waals surface area contributed by atoms with Gasteiger partial charge < -0.3 is 14.8 Å². The van der Waals surface area contributed by atoms with Crippen LogP contribution >= 0.6 is 0 Å². The van der Waals surface area contributed by atoms with Gasteiger partial charge in [0.05, 0.1) is 18.1 Å². The number of nitrogens with zero attached hydrogens (tertiary/aromatic N) is 1. The number of ether oxygens (including phenoxy) is 2. The molecule has 0 bridgehead atoms. The molecule has 1 saturated heterocycles. The number of anilines is 1. The Morgan fingerprint density at radius 1 is 1.03 bits per heavy atom. The summed E-state index contributed by atoms with van der Waals surface area (Å²) in [6, 6.07) is 12.1. The Kier molecular flexibility index (Phi) is 7.97. The average Bonchev–Trinajstić information content (AvgIpc) is 3.30. The number of carbonyl (C=O) groups excluding carboxylic acids is 1. The molecule has 2 aliphatic rings. The van der Waals surface area contributed by atoms with E-state index in [9.17, 15) is 13.2 Å². The van der Waals surface area contributed by atoms with Gasteiger partial charge in [0.15, 0.2) is 6.61 Å². The largest absolute Gasteiger partial charge is 0.484 e. The van der Waals surface area contributed by atoms with E-state index in [-0.39, 0.29) is 17.4 Å². The van der Waals surface area contributed by atoms with Crippen LogP contribution in [0.25, 0.3) is 0 Å². The fourth-order valence-corrected chi connectivity index (χ4v) is 5.19. The first kappa shape index (κ1) is 23.7. The second-order valence-electron chi connectivity index (χ2n) is 8.35. The number of fused-ring (bicyclic) bond motifs is 1. The molecule has 1 aliphatic carbocycles. The summed E-state index contributed by atoms with van der Waals surface area (Å²) in [6.07, 6.45) is 4.05. The summed E-state index contributed by atoms with van der Waals surface area (Å²) in [4.78, 5) is 14.7. The van der Waals surface area contributed by atoms with E-state index in [1.165, 1.54) is 23.3 Å². The number of aryl methyl sites for hydroxylation is 2. The van der Waals surface area contributed by atoms with Gasteiger partial charge in [-0.25, -0.2) is 13.1 Å². The lowest BCUT2D eigenvalue weighted by molar-refractivity contribution is -0.118. The lowest BCUT2D eigenvalue weighted by Gasteiger charge is -2.26. The lowest BCUT2D eigenvalue weighted by Crippen LogP contribution is -2.38. The molecule has 0 aromatic heterocycles. The molecule has 0 saturated carbocycles. The van der Waals surface area contributed by atoms with Crippen LogP contribution < -0.4 is 14.8 Å². The van der Waals surface area contributed by atoms with Crippen molar-refractivity contribution in [3.63, 3.8) is 0 Å². The minimum atomic E-state index is -3.59. The zero-order valence-corrected chi connectivity index (χ0v) is 19.5. The quantitative estimate of drug-likeness (QED) is 0.514. The molecule has 1 amide bonds. The summed E-state index contributed by atoms with van der Waals surface area (Å²) >= 11 is 0. The van der Waals surface area contributed by atoms with Crippen LogP contribution in [0.1, 0.15) is 24.0 Å². The molecule has 4 rings (SSSR count). The Morgan fingerprint density at radius 2 is 1.79 bits per heavy atom. The van der Waals surface area contributed by atoms with Crippen LogP contribution in [0.3, 0.4) is 0 Å². The molecule has 1 heterocycles. The van der Waals surface area contributed by atoms with E-state index in [1.807, 2.05) is 12.1 Å². The van der Waals surface area contributed by atoms with E-state index >= 15 is 0 Å². The first-order chi connectivity index (χ1) is 16.0. The third-order valence-electron chi connectivity index (χ3n) is 5.94. The second kappa shape index (κ2) is 11.1. The second-order valence-corrected chi connectivity index (χ2v) is 10.1. The molecule has 178 valence electrons. The molecule has 9 heteroatoms. The molecule has 8 nitrogen and oxygen atoms in total. The molecule has 2 aromatic rings. The van der Waals surface area contributed by atoms with E-state index in [4.69, 9.17) is 9.47 Å². The number of carbonyl (C=O) groups is 1. The van der Waals surface area contributed by atoms with Crippen molar-refractivity contribution >= 4 is 21.6 Å². The molecule has 0 radical (unpaired) electrons. The molecule has 33 heavy (non-hydrogen) atoms. The van der Waals surface area contributed by atoms with Gasteiger partial charge in [-0.1, -0.05) is 6.07 Å². The minimum absolute atomic E-state index is 0.108. The molecule has 2 N–H and O–H groups in total. The van der Waals surface area contributed by atoms with Crippen molar-refractivity contribution in [1.82, 2.24) is 9.62 Å². The average molecular weight is 474 g/mol. The smallest absolute Gasteiger partial charge is 0.262 e. The van der Waals surface area contributed by atoms with E-state index in [1.54, 1.807) is 12.1 Å². The Labute approximate surface area is 195 Å². The number of hydrogen-bond donors (Lipinski definition) is 2. The van der Waals surface area contributed by atoms with E-state index in [0.29, 0.717) is 18.0 Å². The number of morpholine rings is 1. The maximum absolute atomic E-state index is 12.5. The third-order valence-corrected chi connectivity index (χ3v) is 7.41. The highest BCUT2D eigenvalue weighted by Gasteiger charge is 2.15. The Balaban J connectivity index is 1.21. The monoisotopic (exact) mass is 473 g/mol. The summed E-state index contributed by atoms with van der Waals surface area (Å²) in [7, 11) is -3.59. The fourth-order valence-electron chi connectivity index (χ4n) is 4.12. The number of amides is 1. The van der Waals surface area contributed by atoms with Crippen LogP contribution in [0.5, 0.6) is 5.75 Å². The van der Waals surface area contributed by atoms with Crippen LogP contribution in [0.4, 0.5) is 5.69 Å². The van der Waals surface area contributed by atoms with Gasteiger partial charge in [0.25, 0.3) is 5.91 Å². The number of rotatable bonds is 10. The van der Waals surface area contributed by atoms with Gasteiger partial charge in [-0.15, -0.1) is 0 Å². The first-order valence-corrected chi connectivity index (χ1v) is 12.9. The Bertz CT molecular complexity index is 1050. The van der Waals surface area contributed by atoms with Crippen molar-refractivity contribution in [3.05, 3.63) is 53.6 Å². The highest BCUT2D eigenvalue weighted by molar-refractivity contribution is 7.89. The summed E-state index contributed by atoms with van der Waals surface area (Å²) in [5, 5.41) is 2.74. The molecule has 0 atom stereocenters. The summed E-state index contributed by atoms with van der Waals surface area (Å²) in [5.74, 6) is 0.388. The molecule has 0 unspecified atom stereocenters. The molecule has 2 aromatic carbocycles. The minimum Gasteiger partial charge on any atom is -0.484 e. The van der Waals surface area contributed by atoms with Gasteiger partial charge in [-0.2, -0.15) is 0 Å². The van der Waals surface area contributed by atoms with Gasteiger partial charge in [-0.3, -0.25) is 9.69 Å². The van der Waals surface area contributed by atoms with Crippen molar-refractivity contribution in [1.29, 1.82) is 0 Å². The molecule has 1 fully saturated rings. The summed E-state index contributed by atoms with van der Waals surface area (Å²) in [5.41, 5.74) is 3.16. The number of nitrogens with one attached hydrogen (secondary N) is 2. The number of sulfonamides is 1. The third kappa shape index (κ3) is 6.77. The zero-order valence-electron chi connectivity index (χ0n) is 18.7. The van der Waals surface area contributed by atoms with Gasteiger partial charge >= 0.3 is 0 Å². The highest BCUT2D eigenvalue weighted by atomic mass is 32.2. The number of hydrogen-bond acceptors (Lipinski definition) is 6. The van der Waals surface area contributed by atoms with E-state index in [2.05, 4.69) is 21.0 Å². The van der Waals surface area contributed by atoms with E-state index < -0.39 is 10.0 Å². The SMILES string of the molecule is O=C(COc1ccc2c(c1)CCC2)Nc1ccc(S(=O)(=O)NCCCN2CCOCC2)cc1. The van der Waals surface area contributed by atoms with Gasteiger partial charge in [-0.05, 0) is 79.8 Å². The Morgan fingerprint density at radius 3 is 2.58 bits per heavy atom. The normalized spacial score (nSPS) is 16.4. The van der Waals surface area contributed by atoms with Crippen molar-refractivity contribution in [2.75, 3.05) is 51.3 Å². The van der Waals surface area contributed by atoms with Crippen molar-refractivity contribution in [3.8, 4) is 5.75 Å². The molecular formula is C24H31N3O5S. The predicted molar refractivity (Wildman–Crippen MR) is 126 cm³/mol. The maximum Gasteiger partial charge on any atom is 0.262 e. The summed E-state index contributed by atoms with van der Waals surface area (Å²) in [6.45, 7) is 4.34. The topological polar surface area (TPSA) is 97.0 Å². The van der Waals surface area contributed by atoms with Crippen LogP contribution in [-0.4, -0.2) is 65.2 Å². The summed E-state index contributed by atoms with van der Waals surface area (Å²) < 4.78 is 38.6. The van der Waals surface area contributed by atoms with Crippen LogP contribution in [0.2, 0.25) is 0 Å². The number of benzene rings is 2. The van der Waals surface area contributed by atoms with Gasteiger partial charge in [0, 0.05) is 25.3 Å². The fraction of sp³-hybridized carbons (Fsp3) is 0.458. The maximum atomic E-state index is 12.5. The predicted octanol–water partition coefficient (Wildman–Crippen LogP) is 2.19. The van der Waals surface area contributed by atoms with Crippen molar-refractivity contribution in [2.45, 2.75) is 30.6 Å². The Hall–Kier alpha value is -2.46. The van der Waals surface area contributed by atoms with Crippen LogP contribution in [-0.2, 0) is 32.4 Å². The molecule has 1 aliphatic heterocycles. The van der Waals surface area contributed by atoms with Gasteiger partial charge in [0.1, 0.15) is 5.75 Å². The zero-order chi connectivity index (χ0) is 23.1. The van der Waals surface area contributed by atoms with Crippen molar-refractivity contribution < 1.29 is 22.7 Å². The van der Waals surface area contributed by atoms with Crippen molar-refractivity contribution in [2.24, 2.45) is 0 Å². The molecule has 0 spiro atoms. The van der Waals surface area contributed by atoms with Gasteiger partial charge in [0.2, 0.25) is 10.0 Å². The highest BCUT2D eigenvalue weighted by Crippen LogP contribution is 2.26. The standard InChI is InChI=1S/C24H31N3O5S/c28-24(18-32-22-8-5-19-3-1-4-20(19)17-22)26-21-6-9-23(10-7-21)33(29,30)25-11-2-12-27-13-15-31-16-14-27/h5-10,17,25H,1-4,11-16,18H2,(H,26,28).